The second-order valence-electron chi connectivity index (χ2n) is 6.50. The fourth-order valence-corrected chi connectivity index (χ4v) is 3.66. The molecule has 0 aliphatic carbocycles. The van der Waals surface area contributed by atoms with Crippen LogP contribution in [0.2, 0.25) is 0 Å². The van der Waals surface area contributed by atoms with Crippen LogP contribution in [0.3, 0.4) is 0 Å². The highest BCUT2D eigenvalue weighted by Gasteiger charge is 2.16. The standard InChI is InChI=1S/C22H22BrN3O2/c1-14-6-5-7-18(12-14)26-15(2)20(21(23)16(26)3)13-24-25-22(27)17-8-10-19(28-4)11-9-17/h5-13H,1-4H3,(H,25,27)/b24-13-. The number of methoxy groups -OCH3 is 1. The normalized spacial score (nSPS) is 11.0. The van der Waals surface area contributed by atoms with Crippen molar-refractivity contribution in [1.29, 1.82) is 0 Å². The molecule has 1 amide bonds. The predicted molar refractivity (Wildman–Crippen MR) is 116 cm³/mol. The first-order chi connectivity index (χ1) is 13.4. The van der Waals surface area contributed by atoms with Crippen LogP contribution < -0.4 is 10.2 Å². The molecule has 6 heteroatoms. The molecule has 1 N–H and O–H groups in total. The van der Waals surface area contributed by atoms with Crippen molar-refractivity contribution in [2.24, 2.45) is 5.10 Å². The van der Waals surface area contributed by atoms with E-state index >= 15 is 0 Å². The number of benzene rings is 2. The first-order valence-corrected chi connectivity index (χ1v) is 9.63. The van der Waals surface area contributed by atoms with E-state index < -0.39 is 0 Å². The Hall–Kier alpha value is -2.86. The number of rotatable bonds is 5. The lowest BCUT2D eigenvalue weighted by Gasteiger charge is -2.10. The van der Waals surface area contributed by atoms with Gasteiger partial charge in [0.15, 0.2) is 0 Å². The highest BCUT2D eigenvalue weighted by molar-refractivity contribution is 9.10. The zero-order valence-corrected chi connectivity index (χ0v) is 17.9. The van der Waals surface area contributed by atoms with Gasteiger partial charge in [-0.15, -0.1) is 0 Å². The zero-order valence-electron chi connectivity index (χ0n) is 16.3. The number of ether oxygens (including phenoxy) is 1. The van der Waals surface area contributed by atoms with Crippen LogP contribution in [0.25, 0.3) is 5.69 Å². The van der Waals surface area contributed by atoms with E-state index in [2.05, 4.69) is 56.1 Å². The van der Waals surface area contributed by atoms with Crippen LogP contribution in [0.4, 0.5) is 0 Å². The van der Waals surface area contributed by atoms with Crippen molar-refractivity contribution in [3.8, 4) is 11.4 Å². The number of hydrogen-bond donors (Lipinski definition) is 1. The summed E-state index contributed by atoms with van der Waals surface area (Å²) in [6.45, 7) is 6.16. The molecule has 0 aliphatic rings. The van der Waals surface area contributed by atoms with Crippen molar-refractivity contribution >= 4 is 28.1 Å². The van der Waals surface area contributed by atoms with E-state index in [4.69, 9.17) is 4.74 Å². The number of aromatic nitrogens is 1. The number of aryl methyl sites for hydroxylation is 1. The Balaban J connectivity index is 1.82. The van der Waals surface area contributed by atoms with Crippen LogP contribution in [-0.2, 0) is 0 Å². The molecule has 28 heavy (non-hydrogen) atoms. The van der Waals surface area contributed by atoms with Gasteiger partial charge in [0.05, 0.1) is 13.3 Å². The van der Waals surface area contributed by atoms with Crippen LogP contribution >= 0.6 is 15.9 Å². The van der Waals surface area contributed by atoms with E-state index in [0.29, 0.717) is 11.3 Å². The molecule has 1 aromatic heterocycles. The van der Waals surface area contributed by atoms with Crippen LogP contribution in [-0.4, -0.2) is 23.8 Å². The highest BCUT2D eigenvalue weighted by Crippen LogP contribution is 2.29. The molecule has 0 saturated heterocycles. The van der Waals surface area contributed by atoms with E-state index in [9.17, 15) is 4.79 Å². The molecule has 0 unspecified atom stereocenters. The number of halogens is 1. The molecule has 0 radical (unpaired) electrons. The van der Waals surface area contributed by atoms with E-state index in [-0.39, 0.29) is 5.91 Å². The first-order valence-electron chi connectivity index (χ1n) is 8.84. The number of hydrogen-bond acceptors (Lipinski definition) is 3. The molecule has 3 aromatic rings. The zero-order chi connectivity index (χ0) is 20.3. The quantitative estimate of drug-likeness (QED) is 0.452. The summed E-state index contributed by atoms with van der Waals surface area (Å²) >= 11 is 3.66. The molecule has 2 aromatic carbocycles. The van der Waals surface area contributed by atoms with Gasteiger partial charge in [0, 0.05) is 32.7 Å². The molecule has 1 heterocycles. The number of carbonyl (C=O) groups excluding carboxylic acids is 1. The number of amides is 1. The highest BCUT2D eigenvalue weighted by atomic mass is 79.9. The minimum atomic E-state index is -0.275. The fraction of sp³-hybridized carbons (Fsp3) is 0.182. The maximum atomic E-state index is 12.3. The predicted octanol–water partition coefficient (Wildman–Crippen LogP) is 4.94. The average Bonchev–Trinajstić information content (AvgIpc) is 2.91. The Morgan fingerprint density at radius 3 is 2.46 bits per heavy atom. The van der Waals surface area contributed by atoms with E-state index in [1.54, 1.807) is 37.6 Å². The average molecular weight is 440 g/mol. The molecule has 3 rings (SSSR count). The van der Waals surface area contributed by atoms with Crippen molar-refractivity contribution in [1.82, 2.24) is 9.99 Å². The van der Waals surface area contributed by atoms with Gasteiger partial charge in [0.1, 0.15) is 5.75 Å². The molecule has 5 nitrogen and oxygen atoms in total. The van der Waals surface area contributed by atoms with Crippen molar-refractivity contribution in [2.45, 2.75) is 20.8 Å². The van der Waals surface area contributed by atoms with E-state index in [0.717, 1.165) is 27.1 Å². The van der Waals surface area contributed by atoms with Gasteiger partial charge in [-0.25, -0.2) is 5.43 Å². The van der Waals surface area contributed by atoms with Gasteiger partial charge in [0.2, 0.25) is 0 Å². The minimum Gasteiger partial charge on any atom is -0.497 e. The lowest BCUT2D eigenvalue weighted by Crippen LogP contribution is -2.17. The molecular weight excluding hydrogens is 418 g/mol. The maximum Gasteiger partial charge on any atom is 0.271 e. The molecule has 0 atom stereocenters. The number of hydrazone groups is 1. The van der Waals surface area contributed by atoms with E-state index in [1.807, 2.05) is 19.9 Å². The van der Waals surface area contributed by atoms with Crippen molar-refractivity contribution in [3.05, 3.63) is 81.1 Å². The second kappa shape index (κ2) is 8.44. The summed E-state index contributed by atoms with van der Waals surface area (Å²) in [4.78, 5) is 12.3. The SMILES string of the molecule is COc1ccc(C(=O)N/N=C\c2c(Br)c(C)n(-c3cccc(C)c3)c2C)cc1. The summed E-state index contributed by atoms with van der Waals surface area (Å²) in [6.07, 6.45) is 1.67. The first kappa shape index (κ1) is 19.9. The number of nitrogens with zero attached hydrogens (tertiary/aromatic N) is 2. The molecular formula is C22H22BrN3O2. The van der Waals surface area contributed by atoms with Crippen LogP contribution in [0.5, 0.6) is 5.75 Å². The molecule has 0 fully saturated rings. The van der Waals surface area contributed by atoms with Gasteiger partial charge in [-0.1, -0.05) is 12.1 Å². The summed E-state index contributed by atoms with van der Waals surface area (Å²) in [7, 11) is 1.59. The van der Waals surface area contributed by atoms with Gasteiger partial charge in [-0.05, 0) is 78.7 Å². The Bertz CT molecular complexity index is 1040. The number of nitrogens with one attached hydrogen (secondary N) is 1. The lowest BCUT2D eigenvalue weighted by molar-refractivity contribution is 0.0955. The second-order valence-corrected chi connectivity index (χ2v) is 7.29. The third-order valence-electron chi connectivity index (χ3n) is 4.59. The Kier molecular flexibility index (Phi) is 5.99. The van der Waals surface area contributed by atoms with Gasteiger partial charge in [-0.2, -0.15) is 5.10 Å². The maximum absolute atomic E-state index is 12.3. The molecule has 0 bridgehead atoms. The minimum absolute atomic E-state index is 0.275. The molecule has 144 valence electrons. The largest absolute Gasteiger partial charge is 0.497 e. The monoisotopic (exact) mass is 439 g/mol. The molecule has 0 aliphatic heterocycles. The summed E-state index contributed by atoms with van der Waals surface area (Å²) in [5.41, 5.74) is 8.42. The Morgan fingerprint density at radius 1 is 1.11 bits per heavy atom. The number of carbonyl (C=O) groups is 1. The van der Waals surface area contributed by atoms with Gasteiger partial charge in [0.25, 0.3) is 5.91 Å². The fourth-order valence-electron chi connectivity index (χ4n) is 3.09. The summed E-state index contributed by atoms with van der Waals surface area (Å²) in [5, 5.41) is 4.15. The molecule has 0 spiro atoms. The van der Waals surface area contributed by atoms with Gasteiger partial charge in [-0.3, -0.25) is 4.79 Å². The third-order valence-corrected chi connectivity index (χ3v) is 5.59. The van der Waals surface area contributed by atoms with Crippen molar-refractivity contribution in [2.75, 3.05) is 7.11 Å². The van der Waals surface area contributed by atoms with Crippen LogP contribution in [0.15, 0.2) is 58.1 Å². The Morgan fingerprint density at radius 2 is 1.82 bits per heavy atom. The Labute approximate surface area is 173 Å². The summed E-state index contributed by atoms with van der Waals surface area (Å²) < 4.78 is 8.23. The smallest absolute Gasteiger partial charge is 0.271 e. The van der Waals surface area contributed by atoms with Crippen molar-refractivity contribution in [3.63, 3.8) is 0 Å². The third kappa shape index (κ3) is 4.02. The lowest BCUT2D eigenvalue weighted by atomic mass is 10.2. The van der Waals surface area contributed by atoms with Crippen molar-refractivity contribution < 1.29 is 9.53 Å². The van der Waals surface area contributed by atoms with Crippen LogP contribution in [0.1, 0.15) is 32.9 Å². The molecule has 0 saturated carbocycles. The van der Waals surface area contributed by atoms with Gasteiger partial charge >= 0.3 is 0 Å². The summed E-state index contributed by atoms with van der Waals surface area (Å²) in [5.74, 6) is 0.426. The van der Waals surface area contributed by atoms with Gasteiger partial charge < -0.3 is 9.30 Å². The summed E-state index contributed by atoms with van der Waals surface area (Å²) in [6, 6.07) is 15.2. The topological polar surface area (TPSA) is 55.6 Å². The van der Waals surface area contributed by atoms with E-state index in [1.165, 1.54) is 5.56 Å². The van der Waals surface area contributed by atoms with Crippen LogP contribution in [0, 0.1) is 20.8 Å².